The number of esters is 2. The summed E-state index contributed by atoms with van der Waals surface area (Å²) in [7, 11) is 0. The van der Waals surface area contributed by atoms with Crippen molar-refractivity contribution in [3.8, 4) is 5.75 Å². The Morgan fingerprint density at radius 2 is 1.73 bits per heavy atom. The maximum absolute atomic E-state index is 12.0. The molecule has 1 amide bonds. The molecule has 2 aromatic rings. The second-order valence-corrected chi connectivity index (χ2v) is 6.49. The van der Waals surface area contributed by atoms with Gasteiger partial charge in [-0.2, -0.15) is 0 Å². The van der Waals surface area contributed by atoms with Crippen LogP contribution in [0.3, 0.4) is 0 Å². The van der Waals surface area contributed by atoms with Gasteiger partial charge in [-0.15, -0.1) is 0 Å². The number of rotatable bonds is 9. The normalized spacial score (nSPS) is 10.7. The van der Waals surface area contributed by atoms with Crippen molar-refractivity contribution in [2.75, 3.05) is 18.5 Å². The average Bonchev–Trinajstić information content (AvgIpc) is 2.72. The molecule has 0 atom stereocenters. The van der Waals surface area contributed by atoms with Gasteiger partial charge in [0.1, 0.15) is 5.75 Å². The van der Waals surface area contributed by atoms with Crippen LogP contribution >= 0.6 is 0 Å². The molecule has 1 N–H and O–H groups in total. The Morgan fingerprint density at radius 3 is 2.40 bits per heavy atom. The third-order valence-corrected chi connectivity index (χ3v) is 3.71. The summed E-state index contributed by atoms with van der Waals surface area (Å²) in [5.41, 5.74) is 1.58. The first-order valence-electron chi connectivity index (χ1n) is 9.56. The molecule has 7 heteroatoms. The standard InChI is InChI=1S/C23H25NO6/c1-4-28-20-8-6-5-7-17(20)11-14-22(26)29-15-21(25)24-19-12-9-18(10-13-19)23(27)30-16(2)3/h5-14,16H,4,15H2,1-3H3,(H,24,25)/b14-11+. The molecule has 30 heavy (non-hydrogen) atoms. The monoisotopic (exact) mass is 411 g/mol. The van der Waals surface area contributed by atoms with Gasteiger partial charge < -0.3 is 19.5 Å². The molecule has 0 bridgehead atoms. The van der Waals surface area contributed by atoms with E-state index in [-0.39, 0.29) is 6.10 Å². The van der Waals surface area contributed by atoms with E-state index in [4.69, 9.17) is 14.2 Å². The number of anilines is 1. The van der Waals surface area contributed by atoms with E-state index in [1.165, 1.54) is 6.08 Å². The molecule has 0 spiro atoms. The van der Waals surface area contributed by atoms with Gasteiger partial charge in [0.2, 0.25) is 0 Å². The lowest BCUT2D eigenvalue weighted by Gasteiger charge is -2.09. The van der Waals surface area contributed by atoms with Crippen LogP contribution in [-0.4, -0.2) is 37.2 Å². The minimum Gasteiger partial charge on any atom is -0.493 e. The van der Waals surface area contributed by atoms with Gasteiger partial charge in [0.05, 0.1) is 18.3 Å². The quantitative estimate of drug-likeness (QED) is 0.498. The largest absolute Gasteiger partial charge is 0.493 e. The molecule has 2 aromatic carbocycles. The van der Waals surface area contributed by atoms with Crippen LogP contribution in [0.1, 0.15) is 36.7 Å². The fourth-order valence-electron chi connectivity index (χ4n) is 2.42. The Balaban J connectivity index is 1.83. The number of para-hydroxylation sites is 1. The zero-order valence-electron chi connectivity index (χ0n) is 17.2. The van der Waals surface area contributed by atoms with Crippen LogP contribution in [0.2, 0.25) is 0 Å². The van der Waals surface area contributed by atoms with Gasteiger partial charge in [-0.3, -0.25) is 4.79 Å². The number of carbonyl (C=O) groups excluding carboxylic acids is 3. The van der Waals surface area contributed by atoms with Gasteiger partial charge in [-0.05, 0) is 57.2 Å². The molecule has 0 radical (unpaired) electrons. The molecule has 0 aromatic heterocycles. The summed E-state index contributed by atoms with van der Waals surface area (Å²) >= 11 is 0. The van der Waals surface area contributed by atoms with Crippen LogP contribution in [0.25, 0.3) is 6.08 Å². The Labute approximate surface area is 175 Å². The minimum absolute atomic E-state index is 0.215. The molecule has 158 valence electrons. The van der Waals surface area contributed by atoms with Crippen molar-refractivity contribution in [1.29, 1.82) is 0 Å². The summed E-state index contributed by atoms with van der Waals surface area (Å²) in [4.78, 5) is 35.6. The molecule has 7 nitrogen and oxygen atoms in total. The highest BCUT2D eigenvalue weighted by Crippen LogP contribution is 2.19. The number of hydrogen-bond acceptors (Lipinski definition) is 6. The molecular weight excluding hydrogens is 386 g/mol. The third-order valence-electron chi connectivity index (χ3n) is 3.71. The van der Waals surface area contributed by atoms with Crippen LogP contribution in [0.4, 0.5) is 5.69 Å². The predicted octanol–water partition coefficient (Wildman–Crippen LogP) is 3.85. The van der Waals surface area contributed by atoms with Crippen molar-refractivity contribution in [2.24, 2.45) is 0 Å². The number of hydrogen-bond donors (Lipinski definition) is 1. The van der Waals surface area contributed by atoms with Crippen LogP contribution in [-0.2, 0) is 19.1 Å². The fraction of sp³-hybridized carbons (Fsp3) is 0.261. The molecular formula is C23H25NO6. The summed E-state index contributed by atoms with van der Waals surface area (Å²) in [6.07, 6.45) is 2.59. The molecule has 0 aliphatic rings. The van der Waals surface area contributed by atoms with Gasteiger partial charge in [-0.25, -0.2) is 9.59 Å². The van der Waals surface area contributed by atoms with E-state index < -0.39 is 24.5 Å². The molecule has 0 fully saturated rings. The first kappa shape index (κ1) is 22.7. The summed E-state index contributed by atoms with van der Waals surface area (Å²) < 4.78 is 15.5. The van der Waals surface area contributed by atoms with Crippen molar-refractivity contribution < 1.29 is 28.6 Å². The van der Waals surface area contributed by atoms with E-state index in [2.05, 4.69) is 5.32 Å². The van der Waals surface area contributed by atoms with E-state index in [1.807, 2.05) is 25.1 Å². The molecule has 2 rings (SSSR count). The smallest absolute Gasteiger partial charge is 0.338 e. The lowest BCUT2D eigenvalue weighted by Crippen LogP contribution is -2.20. The average molecular weight is 411 g/mol. The number of amides is 1. The van der Waals surface area contributed by atoms with Crippen LogP contribution in [0.15, 0.2) is 54.6 Å². The van der Waals surface area contributed by atoms with Crippen molar-refractivity contribution in [2.45, 2.75) is 26.9 Å². The fourth-order valence-corrected chi connectivity index (χ4v) is 2.42. The summed E-state index contributed by atoms with van der Waals surface area (Å²) in [5.74, 6) is -0.927. The number of ether oxygens (including phenoxy) is 3. The van der Waals surface area contributed by atoms with Crippen LogP contribution in [0, 0.1) is 0 Å². The number of nitrogens with one attached hydrogen (secondary N) is 1. The van der Waals surface area contributed by atoms with Gasteiger partial charge in [0.15, 0.2) is 6.61 Å². The van der Waals surface area contributed by atoms with Gasteiger partial charge in [0.25, 0.3) is 5.91 Å². The zero-order valence-corrected chi connectivity index (χ0v) is 17.2. The van der Waals surface area contributed by atoms with E-state index in [9.17, 15) is 14.4 Å². The Morgan fingerprint density at radius 1 is 1.03 bits per heavy atom. The number of carbonyl (C=O) groups is 3. The Bertz CT molecular complexity index is 902. The third kappa shape index (κ3) is 7.43. The molecule has 0 saturated carbocycles. The van der Waals surface area contributed by atoms with Gasteiger partial charge in [0, 0.05) is 17.3 Å². The highest BCUT2D eigenvalue weighted by molar-refractivity contribution is 5.95. The van der Waals surface area contributed by atoms with Gasteiger partial charge >= 0.3 is 11.9 Å². The first-order chi connectivity index (χ1) is 14.4. The van der Waals surface area contributed by atoms with Crippen molar-refractivity contribution in [3.05, 3.63) is 65.7 Å². The van der Waals surface area contributed by atoms with Crippen molar-refractivity contribution in [1.82, 2.24) is 0 Å². The summed E-state index contributed by atoms with van der Waals surface area (Å²) in [6.45, 7) is 5.47. The molecule has 0 aliphatic heterocycles. The SMILES string of the molecule is CCOc1ccccc1/C=C/C(=O)OCC(=O)Nc1ccc(C(=O)OC(C)C)cc1. The summed E-state index contributed by atoms with van der Waals surface area (Å²) in [6, 6.07) is 13.5. The Kier molecular flexibility index (Phi) is 8.62. The van der Waals surface area contributed by atoms with E-state index in [0.29, 0.717) is 23.6 Å². The lowest BCUT2D eigenvalue weighted by molar-refractivity contribution is -0.142. The maximum Gasteiger partial charge on any atom is 0.338 e. The second-order valence-electron chi connectivity index (χ2n) is 6.49. The Hall–Kier alpha value is -3.61. The van der Waals surface area contributed by atoms with E-state index in [0.717, 1.165) is 5.56 Å². The second kappa shape index (κ2) is 11.4. The molecule has 0 saturated heterocycles. The molecule has 0 unspecified atom stereocenters. The number of benzene rings is 2. The maximum atomic E-state index is 12.0. The molecule has 0 heterocycles. The van der Waals surface area contributed by atoms with Gasteiger partial charge in [-0.1, -0.05) is 18.2 Å². The highest BCUT2D eigenvalue weighted by Gasteiger charge is 2.10. The highest BCUT2D eigenvalue weighted by atomic mass is 16.5. The predicted molar refractivity (Wildman–Crippen MR) is 113 cm³/mol. The minimum atomic E-state index is -0.650. The zero-order chi connectivity index (χ0) is 21.9. The summed E-state index contributed by atoms with van der Waals surface area (Å²) in [5, 5.41) is 2.59. The van der Waals surface area contributed by atoms with E-state index in [1.54, 1.807) is 50.3 Å². The van der Waals surface area contributed by atoms with Crippen molar-refractivity contribution in [3.63, 3.8) is 0 Å². The van der Waals surface area contributed by atoms with E-state index >= 15 is 0 Å². The molecule has 0 aliphatic carbocycles. The van der Waals surface area contributed by atoms with Crippen LogP contribution in [0.5, 0.6) is 5.75 Å². The first-order valence-corrected chi connectivity index (χ1v) is 9.56. The topological polar surface area (TPSA) is 90.9 Å². The van der Waals surface area contributed by atoms with Crippen LogP contribution < -0.4 is 10.1 Å². The van der Waals surface area contributed by atoms with Crippen molar-refractivity contribution >= 4 is 29.6 Å². The lowest BCUT2D eigenvalue weighted by atomic mass is 10.2.